The third kappa shape index (κ3) is 5.47. The first kappa shape index (κ1) is 26.0. The molecule has 2 heterocycles. The second kappa shape index (κ2) is 11.4. The largest absolute Gasteiger partial charge is 0.493 e. The third-order valence-electron chi connectivity index (χ3n) is 6.78. The molecule has 5 rings (SSSR count). The average molecular weight is 532 g/mol. The molecule has 0 fully saturated rings. The number of ether oxygens (including phenoxy) is 6. The zero-order chi connectivity index (χ0) is 27.4. The number of methoxy groups -OCH3 is 3. The molecule has 0 saturated carbocycles. The summed E-state index contributed by atoms with van der Waals surface area (Å²) in [6, 6.07) is 15.7. The second-order valence-electron chi connectivity index (χ2n) is 8.98. The first-order valence-electron chi connectivity index (χ1n) is 12.4. The van der Waals surface area contributed by atoms with Gasteiger partial charge in [0.2, 0.25) is 12.7 Å². The van der Waals surface area contributed by atoms with Gasteiger partial charge in [0, 0.05) is 12.6 Å². The van der Waals surface area contributed by atoms with Crippen LogP contribution in [0.2, 0.25) is 0 Å². The summed E-state index contributed by atoms with van der Waals surface area (Å²) in [6.07, 6.45) is 3.98. The Morgan fingerprint density at radius 3 is 2.44 bits per heavy atom. The van der Waals surface area contributed by atoms with Gasteiger partial charge in [-0.15, -0.1) is 0 Å². The molecule has 39 heavy (non-hydrogen) atoms. The van der Waals surface area contributed by atoms with Crippen molar-refractivity contribution in [1.29, 1.82) is 0 Å². The fraction of sp³-hybridized carbons (Fsp3) is 0.267. The molecule has 9 heteroatoms. The molecule has 0 bridgehead atoms. The molecule has 0 radical (unpaired) electrons. The SMILES string of the molecule is COC(=O)c1ccc(OC[C@H]2c3cc(OC)c(OC)cc3CCN2C(=O)/C=C/c2ccc3c(c2)OCO3)cc1. The van der Waals surface area contributed by atoms with Crippen molar-refractivity contribution in [1.82, 2.24) is 4.90 Å². The van der Waals surface area contributed by atoms with E-state index < -0.39 is 5.97 Å². The van der Waals surface area contributed by atoms with Crippen LogP contribution < -0.4 is 23.7 Å². The van der Waals surface area contributed by atoms with Gasteiger partial charge in [0.15, 0.2) is 23.0 Å². The fourth-order valence-corrected chi connectivity index (χ4v) is 4.73. The quantitative estimate of drug-likeness (QED) is 0.311. The Balaban J connectivity index is 1.40. The van der Waals surface area contributed by atoms with Crippen molar-refractivity contribution in [3.63, 3.8) is 0 Å². The lowest BCUT2D eigenvalue weighted by Gasteiger charge is -2.37. The highest BCUT2D eigenvalue weighted by molar-refractivity contribution is 5.92. The van der Waals surface area contributed by atoms with Crippen LogP contribution in [0.1, 0.15) is 33.1 Å². The maximum absolute atomic E-state index is 13.5. The predicted molar refractivity (Wildman–Crippen MR) is 143 cm³/mol. The highest BCUT2D eigenvalue weighted by atomic mass is 16.7. The molecule has 0 aromatic heterocycles. The van der Waals surface area contributed by atoms with Crippen molar-refractivity contribution in [2.45, 2.75) is 12.5 Å². The van der Waals surface area contributed by atoms with Gasteiger partial charge in [-0.3, -0.25) is 4.79 Å². The van der Waals surface area contributed by atoms with Gasteiger partial charge in [-0.05, 0) is 77.7 Å². The maximum atomic E-state index is 13.5. The van der Waals surface area contributed by atoms with Crippen LogP contribution in [0, 0.1) is 0 Å². The van der Waals surface area contributed by atoms with E-state index >= 15 is 0 Å². The van der Waals surface area contributed by atoms with Gasteiger partial charge in [0.25, 0.3) is 0 Å². The highest BCUT2D eigenvalue weighted by Crippen LogP contribution is 2.39. The summed E-state index contributed by atoms with van der Waals surface area (Å²) in [6.45, 7) is 0.891. The minimum Gasteiger partial charge on any atom is -0.493 e. The third-order valence-corrected chi connectivity index (χ3v) is 6.78. The van der Waals surface area contributed by atoms with Gasteiger partial charge in [-0.1, -0.05) is 6.07 Å². The normalized spacial score (nSPS) is 15.6. The van der Waals surface area contributed by atoms with Crippen LogP contribution >= 0.6 is 0 Å². The van der Waals surface area contributed by atoms with E-state index in [1.165, 1.54) is 7.11 Å². The Morgan fingerprint density at radius 2 is 1.69 bits per heavy atom. The van der Waals surface area contributed by atoms with E-state index in [1.807, 2.05) is 30.3 Å². The average Bonchev–Trinajstić information content (AvgIpc) is 3.45. The molecule has 3 aromatic carbocycles. The Hall–Kier alpha value is -4.66. The van der Waals surface area contributed by atoms with E-state index in [4.69, 9.17) is 28.4 Å². The van der Waals surface area contributed by atoms with Crippen LogP contribution in [0.15, 0.2) is 60.7 Å². The summed E-state index contributed by atoms with van der Waals surface area (Å²) in [5, 5.41) is 0. The summed E-state index contributed by atoms with van der Waals surface area (Å²) in [4.78, 5) is 27.0. The Kier molecular flexibility index (Phi) is 7.58. The van der Waals surface area contributed by atoms with Gasteiger partial charge in [0.05, 0.1) is 32.9 Å². The molecule has 0 aliphatic carbocycles. The Bertz CT molecular complexity index is 1400. The van der Waals surface area contributed by atoms with Crippen molar-refractivity contribution in [3.05, 3.63) is 82.9 Å². The molecule has 1 atom stereocenters. The molecule has 3 aromatic rings. The summed E-state index contributed by atoms with van der Waals surface area (Å²) in [5.41, 5.74) is 3.24. The second-order valence-corrected chi connectivity index (χ2v) is 8.98. The van der Waals surface area contributed by atoms with Crippen LogP contribution in [-0.4, -0.2) is 58.1 Å². The van der Waals surface area contributed by atoms with E-state index in [0.717, 1.165) is 16.7 Å². The molecule has 0 spiro atoms. The number of fused-ring (bicyclic) bond motifs is 2. The van der Waals surface area contributed by atoms with E-state index in [2.05, 4.69) is 0 Å². The molecule has 0 unspecified atom stereocenters. The number of hydrogen-bond acceptors (Lipinski definition) is 8. The van der Waals surface area contributed by atoms with Crippen molar-refractivity contribution < 1.29 is 38.0 Å². The van der Waals surface area contributed by atoms with Crippen molar-refractivity contribution in [2.75, 3.05) is 41.3 Å². The molecule has 0 saturated heterocycles. The van der Waals surface area contributed by atoms with E-state index in [1.54, 1.807) is 55.5 Å². The molecular formula is C30H29NO8. The van der Waals surface area contributed by atoms with Gasteiger partial charge in [-0.2, -0.15) is 0 Å². The number of carbonyl (C=O) groups is 2. The first-order chi connectivity index (χ1) is 19.0. The predicted octanol–water partition coefficient (Wildman–Crippen LogP) is 4.44. The number of esters is 1. The highest BCUT2D eigenvalue weighted by Gasteiger charge is 2.32. The zero-order valence-electron chi connectivity index (χ0n) is 22.0. The smallest absolute Gasteiger partial charge is 0.337 e. The number of nitrogens with zero attached hydrogens (tertiary/aromatic N) is 1. The lowest BCUT2D eigenvalue weighted by molar-refractivity contribution is -0.129. The van der Waals surface area contributed by atoms with Crippen molar-refractivity contribution in [3.8, 4) is 28.7 Å². The Labute approximate surface area is 226 Å². The van der Waals surface area contributed by atoms with E-state index in [0.29, 0.717) is 47.3 Å². The lowest BCUT2D eigenvalue weighted by Crippen LogP contribution is -2.41. The monoisotopic (exact) mass is 531 g/mol. The topological polar surface area (TPSA) is 92.8 Å². The molecular weight excluding hydrogens is 502 g/mol. The molecule has 2 aliphatic rings. The van der Waals surface area contributed by atoms with Crippen LogP contribution in [0.4, 0.5) is 0 Å². The van der Waals surface area contributed by atoms with Crippen LogP contribution in [0.25, 0.3) is 6.08 Å². The first-order valence-corrected chi connectivity index (χ1v) is 12.4. The van der Waals surface area contributed by atoms with Crippen LogP contribution in [-0.2, 0) is 16.0 Å². The number of hydrogen-bond donors (Lipinski definition) is 0. The van der Waals surface area contributed by atoms with Crippen LogP contribution in [0.5, 0.6) is 28.7 Å². The molecule has 2 aliphatic heterocycles. The van der Waals surface area contributed by atoms with Gasteiger partial charge < -0.3 is 33.3 Å². The van der Waals surface area contributed by atoms with Crippen molar-refractivity contribution in [2.24, 2.45) is 0 Å². The zero-order valence-corrected chi connectivity index (χ0v) is 22.0. The standard InChI is InChI=1S/C30H29NO8/c1-34-26-15-21-12-13-31(29(32)11-5-19-4-10-25-28(14-19)39-18-38-25)24(23(21)16-27(26)35-2)17-37-22-8-6-20(7-9-22)30(33)36-3/h4-11,14-16,24H,12-13,17-18H2,1-3H3/b11-5+/t24-/m0/s1. The number of rotatable bonds is 8. The summed E-state index contributed by atoms with van der Waals surface area (Å²) in [5.74, 6) is 2.55. The molecule has 9 nitrogen and oxygen atoms in total. The number of carbonyl (C=O) groups excluding carboxylic acids is 2. The van der Waals surface area contributed by atoms with Gasteiger partial charge >= 0.3 is 5.97 Å². The summed E-state index contributed by atoms with van der Waals surface area (Å²) >= 11 is 0. The lowest BCUT2D eigenvalue weighted by atomic mass is 9.92. The number of benzene rings is 3. The van der Waals surface area contributed by atoms with E-state index in [9.17, 15) is 9.59 Å². The number of amides is 1. The van der Waals surface area contributed by atoms with E-state index in [-0.39, 0.29) is 25.3 Å². The maximum Gasteiger partial charge on any atom is 0.337 e. The van der Waals surface area contributed by atoms with Crippen LogP contribution in [0.3, 0.4) is 0 Å². The van der Waals surface area contributed by atoms with Gasteiger partial charge in [-0.25, -0.2) is 4.79 Å². The molecule has 0 N–H and O–H groups in total. The fourth-order valence-electron chi connectivity index (χ4n) is 4.73. The molecule has 202 valence electrons. The summed E-state index contributed by atoms with van der Waals surface area (Å²) < 4.78 is 32.7. The Morgan fingerprint density at radius 1 is 0.949 bits per heavy atom. The minimum atomic E-state index is -0.421. The van der Waals surface area contributed by atoms with Crippen molar-refractivity contribution >= 4 is 18.0 Å². The van der Waals surface area contributed by atoms with Gasteiger partial charge in [0.1, 0.15) is 12.4 Å². The summed E-state index contributed by atoms with van der Waals surface area (Å²) in [7, 11) is 4.52. The molecule has 1 amide bonds. The minimum absolute atomic E-state index is 0.150.